The van der Waals surface area contributed by atoms with Gasteiger partial charge in [0.15, 0.2) is 0 Å². The lowest BCUT2D eigenvalue weighted by Gasteiger charge is -2.15. The van der Waals surface area contributed by atoms with Crippen LogP contribution in [0.3, 0.4) is 0 Å². The third kappa shape index (κ3) is 6.44. The number of imidazole rings is 1. The minimum Gasteiger partial charge on any atom is -0.478 e. The highest BCUT2D eigenvalue weighted by atomic mass is 32.1. The number of hydrogen-bond acceptors (Lipinski definition) is 8. The normalized spacial score (nSPS) is 12.1. The highest BCUT2D eigenvalue weighted by Gasteiger charge is 2.20. The fraction of sp³-hybridized carbons (Fsp3) is 0.219. The molecule has 1 N–H and O–H groups in total. The predicted molar refractivity (Wildman–Crippen MR) is 164 cm³/mol. The molecule has 4 aromatic heterocycles. The fourth-order valence-corrected chi connectivity index (χ4v) is 5.71. The molecule has 0 saturated carbocycles. The molecule has 1 unspecified atom stereocenters. The van der Waals surface area contributed by atoms with Crippen molar-refractivity contribution in [1.82, 2.24) is 29.3 Å². The van der Waals surface area contributed by atoms with E-state index in [1.165, 1.54) is 23.5 Å². The van der Waals surface area contributed by atoms with Crippen LogP contribution < -0.4 is 4.74 Å². The zero-order valence-corrected chi connectivity index (χ0v) is 25.4. The smallest absolute Gasteiger partial charge is 0.335 e. The number of hydrogen-bond donors (Lipinski definition) is 1. The van der Waals surface area contributed by atoms with Crippen LogP contribution in [-0.4, -0.2) is 53.6 Å². The quantitative estimate of drug-likeness (QED) is 0.182. The van der Waals surface area contributed by atoms with Crippen molar-refractivity contribution < 1.29 is 28.2 Å². The minimum atomic E-state index is -1.07. The number of carbonyl (C=O) groups is 1. The molecule has 4 heterocycles. The average molecular weight is 631 g/mol. The maximum atomic E-state index is 15.5. The number of aryl methyl sites for hydroxylation is 1. The first-order chi connectivity index (χ1) is 21.7. The second-order valence-electron chi connectivity index (χ2n) is 10.5. The lowest BCUT2D eigenvalue weighted by atomic mass is 10.0. The zero-order chi connectivity index (χ0) is 31.7. The molecule has 6 aromatic rings. The number of pyridine rings is 1. The third-order valence-electron chi connectivity index (χ3n) is 7.29. The number of methoxy groups -OCH3 is 1. The maximum Gasteiger partial charge on any atom is 0.335 e. The number of rotatable bonds is 11. The number of carboxylic acids is 1. The van der Waals surface area contributed by atoms with Crippen molar-refractivity contribution in [3.63, 3.8) is 0 Å². The van der Waals surface area contributed by atoms with Gasteiger partial charge in [0.1, 0.15) is 29.1 Å². The minimum absolute atomic E-state index is 0.0116. The van der Waals surface area contributed by atoms with E-state index in [2.05, 4.69) is 20.1 Å². The lowest BCUT2D eigenvalue weighted by molar-refractivity contribution is 0.0697. The summed E-state index contributed by atoms with van der Waals surface area (Å²) in [6.07, 6.45) is 5.15. The molecule has 0 aliphatic carbocycles. The number of halogens is 2. The molecule has 2 aromatic carbocycles. The molecule has 1 atom stereocenters. The van der Waals surface area contributed by atoms with E-state index < -0.39 is 17.6 Å². The Bertz CT molecular complexity index is 2020. The van der Waals surface area contributed by atoms with Gasteiger partial charge >= 0.3 is 5.97 Å². The zero-order valence-electron chi connectivity index (χ0n) is 24.6. The topological polar surface area (TPSA) is 117 Å². The van der Waals surface area contributed by atoms with E-state index in [1.807, 2.05) is 20.2 Å². The van der Waals surface area contributed by atoms with Crippen LogP contribution >= 0.6 is 11.3 Å². The first-order valence-corrected chi connectivity index (χ1v) is 14.8. The van der Waals surface area contributed by atoms with Gasteiger partial charge in [-0.25, -0.2) is 28.5 Å². The Morgan fingerprint density at radius 1 is 1.09 bits per heavy atom. The van der Waals surface area contributed by atoms with Crippen LogP contribution in [0.5, 0.6) is 5.88 Å². The first-order valence-electron chi connectivity index (χ1n) is 14.0. The summed E-state index contributed by atoms with van der Waals surface area (Å²) in [4.78, 5) is 25.9. The Balaban J connectivity index is 1.23. The summed E-state index contributed by atoms with van der Waals surface area (Å²) < 4.78 is 45.8. The summed E-state index contributed by atoms with van der Waals surface area (Å²) in [6.45, 7) is 2.36. The van der Waals surface area contributed by atoms with E-state index in [0.717, 1.165) is 27.6 Å². The SMILES string of the molecule is COC(C)Cn1c(Cc2cc(F)c(-c3cccc(OCc4ncc(-c5cnn(C)c5)s4)n3)cc2F)nc2ccc(C(=O)O)cc21. The van der Waals surface area contributed by atoms with Crippen LogP contribution in [0.15, 0.2) is 67.1 Å². The van der Waals surface area contributed by atoms with E-state index in [1.54, 1.807) is 53.0 Å². The molecule has 13 heteroatoms. The van der Waals surface area contributed by atoms with Gasteiger partial charge in [0.2, 0.25) is 5.88 Å². The molecule has 0 fully saturated rings. The molecule has 0 radical (unpaired) electrons. The number of ether oxygens (including phenoxy) is 2. The Hall–Kier alpha value is -5.01. The van der Waals surface area contributed by atoms with Crippen molar-refractivity contribution in [3.8, 4) is 27.6 Å². The van der Waals surface area contributed by atoms with E-state index in [0.29, 0.717) is 23.4 Å². The van der Waals surface area contributed by atoms with Crippen LogP contribution in [-0.2, 0) is 31.4 Å². The molecule has 0 spiro atoms. The number of thiazole rings is 1. The summed E-state index contributed by atoms with van der Waals surface area (Å²) in [5.41, 5.74) is 2.46. The molecule has 0 amide bonds. The number of aromatic nitrogens is 6. The van der Waals surface area contributed by atoms with Crippen LogP contribution in [0.2, 0.25) is 0 Å². The van der Waals surface area contributed by atoms with Crippen LogP contribution in [0.25, 0.3) is 32.7 Å². The van der Waals surface area contributed by atoms with E-state index in [9.17, 15) is 9.90 Å². The van der Waals surface area contributed by atoms with Crippen LogP contribution in [0.4, 0.5) is 8.78 Å². The van der Waals surface area contributed by atoms with E-state index in [4.69, 9.17) is 9.47 Å². The highest BCUT2D eigenvalue weighted by molar-refractivity contribution is 7.15. The number of fused-ring (bicyclic) bond motifs is 1. The highest BCUT2D eigenvalue weighted by Crippen LogP contribution is 2.29. The molecular formula is C32H28F2N6O4S. The van der Waals surface area contributed by atoms with Crippen molar-refractivity contribution in [2.24, 2.45) is 7.05 Å². The van der Waals surface area contributed by atoms with Crippen molar-refractivity contribution in [2.75, 3.05) is 7.11 Å². The molecular weight excluding hydrogens is 602 g/mol. The van der Waals surface area contributed by atoms with Crippen molar-refractivity contribution in [1.29, 1.82) is 0 Å². The number of aromatic carboxylic acids is 1. The van der Waals surface area contributed by atoms with E-state index >= 15 is 8.78 Å². The number of benzene rings is 2. The largest absolute Gasteiger partial charge is 0.478 e. The van der Waals surface area contributed by atoms with Crippen molar-refractivity contribution >= 4 is 28.3 Å². The van der Waals surface area contributed by atoms with Gasteiger partial charge in [0.25, 0.3) is 0 Å². The van der Waals surface area contributed by atoms with Crippen molar-refractivity contribution in [3.05, 3.63) is 101 Å². The second kappa shape index (κ2) is 12.5. The second-order valence-corrected chi connectivity index (χ2v) is 11.6. The van der Waals surface area contributed by atoms with Gasteiger partial charge < -0.3 is 19.1 Å². The molecule has 10 nitrogen and oxygen atoms in total. The van der Waals surface area contributed by atoms with Crippen LogP contribution in [0, 0.1) is 11.6 Å². The van der Waals surface area contributed by atoms with Gasteiger partial charge in [-0.15, -0.1) is 11.3 Å². The molecule has 45 heavy (non-hydrogen) atoms. The standard InChI is InChI=1S/C32H28F2N6O4S/c1-18(43-3)15-40-27-10-19(32(41)42)7-8-26(27)37-29(40)11-20-9-24(34)22(12-23(20)33)25-5-4-6-30(38-25)44-17-31-35-14-28(45-31)21-13-36-39(2)16-21/h4-10,12-14,16,18H,11,15,17H2,1-3H3,(H,41,42). The Kier molecular flexibility index (Phi) is 8.37. The third-order valence-corrected chi connectivity index (χ3v) is 8.31. The lowest BCUT2D eigenvalue weighted by Crippen LogP contribution is -2.17. The van der Waals surface area contributed by atoms with Crippen molar-refractivity contribution in [2.45, 2.75) is 32.6 Å². The van der Waals surface area contributed by atoms with Gasteiger partial charge in [0.05, 0.1) is 46.0 Å². The molecule has 0 aliphatic heterocycles. The maximum absolute atomic E-state index is 15.5. The fourth-order valence-electron chi connectivity index (χ4n) is 4.91. The Morgan fingerprint density at radius 3 is 2.69 bits per heavy atom. The number of carboxylic acid groups (broad SMARTS) is 1. The Labute approximate surface area is 260 Å². The molecule has 6 rings (SSSR count). The number of nitrogens with zero attached hydrogens (tertiary/aromatic N) is 6. The van der Waals surface area contributed by atoms with E-state index in [-0.39, 0.29) is 47.4 Å². The molecule has 0 bridgehead atoms. The predicted octanol–water partition coefficient (Wildman–Crippen LogP) is 6.14. The van der Waals surface area contributed by atoms with Gasteiger partial charge in [-0.3, -0.25) is 4.68 Å². The summed E-state index contributed by atoms with van der Waals surface area (Å²) in [7, 11) is 3.41. The molecule has 230 valence electrons. The Morgan fingerprint density at radius 2 is 1.93 bits per heavy atom. The average Bonchev–Trinajstić information content (AvgIpc) is 3.76. The summed E-state index contributed by atoms with van der Waals surface area (Å²) >= 11 is 1.47. The van der Waals surface area contributed by atoms with Crippen LogP contribution in [0.1, 0.15) is 33.7 Å². The van der Waals surface area contributed by atoms with Gasteiger partial charge in [-0.2, -0.15) is 5.10 Å². The van der Waals surface area contributed by atoms with Gasteiger partial charge in [-0.05, 0) is 48.9 Å². The van der Waals surface area contributed by atoms with Gasteiger partial charge in [-0.1, -0.05) is 6.07 Å². The molecule has 0 aliphatic rings. The molecule has 0 saturated heterocycles. The summed E-state index contributed by atoms with van der Waals surface area (Å²) in [5, 5.41) is 14.4. The summed E-state index contributed by atoms with van der Waals surface area (Å²) in [5.74, 6) is -1.66. The first kappa shape index (κ1) is 30.0. The summed E-state index contributed by atoms with van der Waals surface area (Å²) in [6, 6.07) is 11.7. The monoisotopic (exact) mass is 630 g/mol. The van der Waals surface area contributed by atoms with Gasteiger partial charge in [0, 0.05) is 50.2 Å².